The zero-order chi connectivity index (χ0) is 36.2. The van der Waals surface area contributed by atoms with Crippen molar-refractivity contribution in [2.45, 2.75) is 233 Å². The minimum atomic E-state index is -0.759. The number of esters is 3. The monoisotopic (exact) mass is 695 g/mol. The number of carbonyl (C=O) groups is 3. The summed E-state index contributed by atoms with van der Waals surface area (Å²) in [5.74, 6) is 0.723. The molecule has 0 aliphatic heterocycles. The number of unbranched alkanes of at least 4 members (excludes halogenated alkanes) is 22. The summed E-state index contributed by atoms with van der Waals surface area (Å²) < 4.78 is 16.6. The molecule has 0 saturated heterocycles. The van der Waals surface area contributed by atoms with Crippen LogP contribution < -0.4 is 0 Å². The topological polar surface area (TPSA) is 78.9 Å². The first kappa shape index (κ1) is 47.4. The Morgan fingerprint density at radius 2 is 0.673 bits per heavy atom. The molecule has 0 saturated carbocycles. The molecular formula is C43H82O6. The van der Waals surface area contributed by atoms with Crippen molar-refractivity contribution in [1.29, 1.82) is 0 Å². The second kappa shape index (κ2) is 36.2. The number of rotatable bonds is 37. The zero-order valence-electron chi connectivity index (χ0n) is 33.3. The van der Waals surface area contributed by atoms with Gasteiger partial charge in [0.1, 0.15) is 13.2 Å². The van der Waals surface area contributed by atoms with Gasteiger partial charge in [-0.1, -0.05) is 189 Å². The molecule has 0 bridgehead atoms. The molecule has 0 aliphatic rings. The van der Waals surface area contributed by atoms with E-state index in [4.69, 9.17) is 14.2 Å². The molecule has 49 heavy (non-hydrogen) atoms. The minimum absolute atomic E-state index is 0.0662. The van der Waals surface area contributed by atoms with Gasteiger partial charge in [-0.05, 0) is 31.1 Å². The molecule has 0 aromatic carbocycles. The molecule has 0 unspecified atom stereocenters. The van der Waals surface area contributed by atoms with Gasteiger partial charge < -0.3 is 14.2 Å². The summed E-state index contributed by atoms with van der Waals surface area (Å²) in [7, 11) is 0. The van der Waals surface area contributed by atoms with Gasteiger partial charge in [-0.2, -0.15) is 0 Å². The minimum Gasteiger partial charge on any atom is -0.462 e. The highest BCUT2D eigenvalue weighted by Gasteiger charge is 2.19. The van der Waals surface area contributed by atoms with E-state index in [1.807, 2.05) is 0 Å². The van der Waals surface area contributed by atoms with E-state index in [9.17, 15) is 14.4 Å². The number of carbonyl (C=O) groups excluding carboxylic acids is 3. The summed E-state index contributed by atoms with van der Waals surface area (Å²) in [6.07, 6.45) is 32.4. The third-order valence-electron chi connectivity index (χ3n) is 9.47. The normalized spacial score (nSPS) is 12.1. The first-order valence-corrected chi connectivity index (χ1v) is 21.2. The third kappa shape index (κ3) is 37.5. The summed E-state index contributed by atoms with van der Waals surface area (Å²) in [6, 6.07) is 0. The summed E-state index contributed by atoms with van der Waals surface area (Å²) in [5.41, 5.74) is 0. The number of hydrogen-bond donors (Lipinski definition) is 0. The lowest BCUT2D eigenvalue weighted by molar-refractivity contribution is -0.167. The summed E-state index contributed by atoms with van der Waals surface area (Å²) in [4.78, 5) is 37.5. The fraction of sp³-hybridized carbons (Fsp3) is 0.930. The summed E-state index contributed by atoms with van der Waals surface area (Å²) in [6.45, 7) is 11.2. The predicted octanol–water partition coefficient (Wildman–Crippen LogP) is 13.0. The Balaban J connectivity index is 4.33. The van der Waals surface area contributed by atoms with Crippen LogP contribution in [0.1, 0.15) is 227 Å². The van der Waals surface area contributed by atoms with E-state index in [0.717, 1.165) is 69.6 Å². The first-order chi connectivity index (χ1) is 23.7. The van der Waals surface area contributed by atoms with Crippen LogP contribution in [0.15, 0.2) is 0 Å². The van der Waals surface area contributed by atoms with Crippen LogP contribution in [-0.4, -0.2) is 37.2 Å². The van der Waals surface area contributed by atoms with Gasteiger partial charge in [0.2, 0.25) is 0 Å². The van der Waals surface area contributed by atoms with Gasteiger partial charge in [0.15, 0.2) is 6.10 Å². The van der Waals surface area contributed by atoms with E-state index < -0.39 is 6.10 Å². The third-order valence-corrected chi connectivity index (χ3v) is 9.47. The van der Waals surface area contributed by atoms with Gasteiger partial charge >= 0.3 is 17.9 Å². The van der Waals surface area contributed by atoms with E-state index >= 15 is 0 Å². The highest BCUT2D eigenvalue weighted by Crippen LogP contribution is 2.16. The number of ether oxygens (including phenoxy) is 3. The largest absolute Gasteiger partial charge is 0.462 e. The quantitative estimate of drug-likeness (QED) is 0.0366. The van der Waals surface area contributed by atoms with E-state index in [1.165, 1.54) is 116 Å². The first-order valence-electron chi connectivity index (χ1n) is 21.2. The molecular weight excluding hydrogens is 612 g/mol. The van der Waals surface area contributed by atoms with Crippen LogP contribution >= 0.6 is 0 Å². The molecule has 0 radical (unpaired) electrons. The average Bonchev–Trinajstić information content (AvgIpc) is 3.06. The smallest absolute Gasteiger partial charge is 0.306 e. The molecule has 0 spiro atoms. The Kier molecular flexibility index (Phi) is 35.0. The molecule has 0 fully saturated rings. The fourth-order valence-corrected chi connectivity index (χ4v) is 6.22. The molecule has 0 amide bonds. The highest BCUT2D eigenvalue weighted by atomic mass is 16.6. The summed E-state index contributed by atoms with van der Waals surface area (Å²) in [5, 5.41) is 0. The Labute approximate surface area is 304 Å². The molecule has 0 aromatic rings. The van der Waals surface area contributed by atoms with E-state index in [1.54, 1.807) is 0 Å². The van der Waals surface area contributed by atoms with Crippen molar-refractivity contribution in [3.8, 4) is 0 Å². The Morgan fingerprint density at radius 1 is 0.388 bits per heavy atom. The van der Waals surface area contributed by atoms with Crippen LogP contribution in [0.2, 0.25) is 0 Å². The van der Waals surface area contributed by atoms with E-state index in [2.05, 4.69) is 34.6 Å². The highest BCUT2D eigenvalue weighted by molar-refractivity contribution is 5.71. The maximum atomic E-state index is 12.6. The molecule has 6 nitrogen and oxygen atoms in total. The SMILES string of the molecule is CCCCCCCCCCCC(=O)O[C@@H](COC(=O)CCCCCCCCCCCC(C)C)COC(=O)CCCCCCCCCC(C)C. The Bertz CT molecular complexity index is 749. The zero-order valence-corrected chi connectivity index (χ0v) is 33.3. The average molecular weight is 695 g/mol. The van der Waals surface area contributed by atoms with Crippen LogP contribution in [0, 0.1) is 11.8 Å². The second-order valence-electron chi connectivity index (χ2n) is 15.6. The maximum absolute atomic E-state index is 12.6. The van der Waals surface area contributed by atoms with Crippen molar-refractivity contribution in [3.05, 3.63) is 0 Å². The lowest BCUT2D eigenvalue weighted by atomic mass is 10.0. The Morgan fingerprint density at radius 3 is 1.00 bits per heavy atom. The molecule has 0 rings (SSSR count). The van der Waals surface area contributed by atoms with Gasteiger partial charge in [0.05, 0.1) is 0 Å². The van der Waals surface area contributed by atoms with Crippen molar-refractivity contribution in [3.63, 3.8) is 0 Å². The molecule has 0 aliphatic carbocycles. The van der Waals surface area contributed by atoms with Gasteiger partial charge in [-0.3, -0.25) is 14.4 Å². The molecule has 0 N–H and O–H groups in total. The fourth-order valence-electron chi connectivity index (χ4n) is 6.22. The Hall–Kier alpha value is -1.59. The summed E-state index contributed by atoms with van der Waals surface area (Å²) >= 11 is 0. The molecule has 0 aromatic heterocycles. The molecule has 0 heterocycles. The van der Waals surface area contributed by atoms with Gasteiger partial charge in [0, 0.05) is 19.3 Å². The predicted molar refractivity (Wildman–Crippen MR) is 206 cm³/mol. The molecule has 1 atom stereocenters. The van der Waals surface area contributed by atoms with Crippen molar-refractivity contribution >= 4 is 17.9 Å². The van der Waals surface area contributed by atoms with Crippen molar-refractivity contribution in [2.24, 2.45) is 11.8 Å². The van der Waals surface area contributed by atoms with Crippen LogP contribution in [-0.2, 0) is 28.6 Å². The van der Waals surface area contributed by atoms with Crippen molar-refractivity contribution in [1.82, 2.24) is 0 Å². The number of hydrogen-bond acceptors (Lipinski definition) is 6. The van der Waals surface area contributed by atoms with E-state index in [-0.39, 0.29) is 31.1 Å². The standard InChI is InChI=1S/C43H82O6/c1-6-7-8-9-10-12-19-25-30-35-43(46)49-40(37-48-42(45)34-29-24-20-15-17-22-27-32-39(4)5)36-47-41(44)33-28-23-18-14-11-13-16-21-26-31-38(2)3/h38-40H,6-37H2,1-5H3/t40-/m0/s1. The maximum Gasteiger partial charge on any atom is 0.306 e. The van der Waals surface area contributed by atoms with Crippen molar-refractivity contribution < 1.29 is 28.6 Å². The van der Waals surface area contributed by atoms with E-state index in [0.29, 0.717) is 19.3 Å². The molecule has 290 valence electrons. The van der Waals surface area contributed by atoms with Crippen LogP contribution in [0.25, 0.3) is 0 Å². The van der Waals surface area contributed by atoms with Gasteiger partial charge in [0.25, 0.3) is 0 Å². The van der Waals surface area contributed by atoms with Crippen LogP contribution in [0.4, 0.5) is 0 Å². The molecule has 6 heteroatoms. The van der Waals surface area contributed by atoms with Gasteiger partial charge in [-0.15, -0.1) is 0 Å². The van der Waals surface area contributed by atoms with Crippen LogP contribution in [0.5, 0.6) is 0 Å². The second-order valence-corrected chi connectivity index (χ2v) is 15.6. The van der Waals surface area contributed by atoms with Crippen LogP contribution in [0.3, 0.4) is 0 Å². The lowest BCUT2D eigenvalue weighted by Gasteiger charge is -2.18. The lowest BCUT2D eigenvalue weighted by Crippen LogP contribution is -2.30. The van der Waals surface area contributed by atoms with Gasteiger partial charge in [-0.25, -0.2) is 0 Å². The van der Waals surface area contributed by atoms with Crippen molar-refractivity contribution in [2.75, 3.05) is 13.2 Å².